The lowest BCUT2D eigenvalue weighted by atomic mass is 10.4. The number of halogens is 1. The van der Waals surface area contributed by atoms with E-state index in [2.05, 4.69) is 15.0 Å². The van der Waals surface area contributed by atoms with Gasteiger partial charge in [-0.1, -0.05) is 0 Å². The number of aromatic nitrogens is 4. The lowest BCUT2D eigenvalue weighted by Crippen LogP contribution is -1.95. The van der Waals surface area contributed by atoms with Gasteiger partial charge in [0.2, 0.25) is 5.28 Å². The van der Waals surface area contributed by atoms with Gasteiger partial charge in [0.15, 0.2) is 5.65 Å². The van der Waals surface area contributed by atoms with Gasteiger partial charge in [-0.3, -0.25) is 0 Å². The van der Waals surface area contributed by atoms with Crippen molar-refractivity contribution in [2.75, 3.05) is 0 Å². The zero-order chi connectivity index (χ0) is 9.59. The average Bonchev–Trinajstić information content (AvgIpc) is 2.27. The van der Waals surface area contributed by atoms with Crippen LogP contribution in [0, 0.1) is 13.8 Å². The minimum Gasteiger partial charge on any atom is -0.328 e. The first-order valence-corrected chi connectivity index (χ1v) is 4.30. The van der Waals surface area contributed by atoms with E-state index in [4.69, 9.17) is 11.6 Å². The first-order chi connectivity index (χ1) is 6.09. The summed E-state index contributed by atoms with van der Waals surface area (Å²) >= 11 is 5.71. The molecule has 68 valence electrons. The van der Waals surface area contributed by atoms with Crippen molar-refractivity contribution in [2.45, 2.75) is 13.8 Å². The molecule has 5 heteroatoms. The van der Waals surface area contributed by atoms with Crippen molar-refractivity contribution in [3.05, 3.63) is 16.8 Å². The number of aryl methyl sites for hydroxylation is 3. The van der Waals surface area contributed by atoms with Crippen LogP contribution in [0.3, 0.4) is 0 Å². The number of rotatable bonds is 0. The summed E-state index contributed by atoms with van der Waals surface area (Å²) in [7, 11) is 1.94. The van der Waals surface area contributed by atoms with Crippen molar-refractivity contribution in [2.24, 2.45) is 7.05 Å². The van der Waals surface area contributed by atoms with Crippen LogP contribution in [0.2, 0.25) is 5.28 Å². The summed E-state index contributed by atoms with van der Waals surface area (Å²) in [6.07, 6.45) is 0. The molecule has 0 atom stereocenters. The molecule has 0 aromatic carbocycles. The molecule has 2 aromatic heterocycles. The fourth-order valence-electron chi connectivity index (χ4n) is 1.38. The van der Waals surface area contributed by atoms with Crippen LogP contribution in [-0.4, -0.2) is 19.5 Å². The van der Waals surface area contributed by atoms with Crippen LogP contribution in [0.15, 0.2) is 0 Å². The van der Waals surface area contributed by atoms with Gasteiger partial charge in [0.25, 0.3) is 0 Å². The minimum atomic E-state index is 0.253. The quantitative estimate of drug-likeness (QED) is 0.602. The Morgan fingerprint density at radius 1 is 1.15 bits per heavy atom. The average molecular weight is 197 g/mol. The molecule has 13 heavy (non-hydrogen) atoms. The summed E-state index contributed by atoms with van der Waals surface area (Å²) in [5.74, 6) is 0.912. The molecule has 0 aliphatic carbocycles. The van der Waals surface area contributed by atoms with Crippen LogP contribution in [-0.2, 0) is 7.05 Å². The van der Waals surface area contributed by atoms with Crippen molar-refractivity contribution >= 4 is 22.8 Å². The van der Waals surface area contributed by atoms with Crippen LogP contribution >= 0.6 is 11.6 Å². The normalized spacial score (nSPS) is 11.1. The molecule has 2 aromatic rings. The number of hydrogen-bond donors (Lipinski definition) is 0. The highest BCUT2D eigenvalue weighted by molar-refractivity contribution is 6.28. The Morgan fingerprint density at radius 2 is 1.85 bits per heavy atom. The van der Waals surface area contributed by atoms with E-state index in [0.717, 1.165) is 17.0 Å². The van der Waals surface area contributed by atoms with E-state index in [1.165, 1.54) is 0 Å². The van der Waals surface area contributed by atoms with E-state index in [-0.39, 0.29) is 5.28 Å². The van der Waals surface area contributed by atoms with Crippen LogP contribution < -0.4 is 0 Å². The predicted octanol–water partition coefficient (Wildman–Crippen LogP) is 1.63. The molecule has 0 saturated heterocycles. The molecule has 0 N–H and O–H groups in total. The van der Waals surface area contributed by atoms with Gasteiger partial charge in [-0.25, -0.2) is 9.97 Å². The highest BCUT2D eigenvalue weighted by Gasteiger charge is 2.09. The summed E-state index contributed by atoms with van der Waals surface area (Å²) in [6.45, 7) is 3.83. The molecular formula is C8H9ClN4. The van der Waals surface area contributed by atoms with Crippen molar-refractivity contribution < 1.29 is 0 Å². The summed E-state index contributed by atoms with van der Waals surface area (Å²) in [5, 5.41) is 0.253. The monoisotopic (exact) mass is 196 g/mol. The van der Waals surface area contributed by atoms with Crippen molar-refractivity contribution in [3.8, 4) is 0 Å². The van der Waals surface area contributed by atoms with Gasteiger partial charge < -0.3 is 4.57 Å². The van der Waals surface area contributed by atoms with Crippen LogP contribution in [0.4, 0.5) is 0 Å². The molecule has 0 fully saturated rings. The fourth-order valence-corrected chi connectivity index (χ4v) is 1.59. The Morgan fingerprint density at radius 3 is 2.54 bits per heavy atom. The molecule has 0 bridgehead atoms. The molecule has 0 saturated carbocycles. The highest BCUT2D eigenvalue weighted by atomic mass is 35.5. The van der Waals surface area contributed by atoms with E-state index in [9.17, 15) is 0 Å². The van der Waals surface area contributed by atoms with Gasteiger partial charge >= 0.3 is 0 Å². The SMILES string of the molecule is Cc1nc(Cl)nc2nc(C)n(C)c12. The molecule has 0 aliphatic rings. The molecule has 0 spiro atoms. The Bertz CT molecular complexity index is 474. The third kappa shape index (κ3) is 1.18. The molecule has 0 aliphatic heterocycles. The molecule has 0 amide bonds. The summed E-state index contributed by atoms with van der Waals surface area (Å²) < 4.78 is 1.96. The molecule has 0 unspecified atom stereocenters. The Kier molecular flexibility index (Phi) is 1.73. The maximum atomic E-state index is 5.71. The van der Waals surface area contributed by atoms with Crippen molar-refractivity contribution in [1.82, 2.24) is 19.5 Å². The summed E-state index contributed by atoms with van der Waals surface area (Å²) in [5.41, 5.74) is 2.47. The molecular weight excluding hydrogens is 188 g/mol. The fraction of sp³-hybridized carbons (Fsp3) is 0.375. The second-order valence-electron chi connectivity index (χ2n) is 2.97. The van der Waals surface area contributed by atoms with Crippen LogP contribution in [0.5, 0.6) is 0 Å². The summed E-state index contributed by atoms with van der Waals surface area (Å²) in [4.78, 5) is 12.4. The highest BCUT2D eigenvalue weighted by Crippen LogP contribution is 2.16. The third-order valence-corrected chi connectivity index (χ3v) is 2.27. The number of imidazole rings is 1. The van der Waals surface area contributed by atoms with Crippen LogP contribution in [0.25, 0.3) is 11.2 Å². The Balaban J connectivity index is 2.94. The first kappa shape index (κ1) is 8.44. The van der Waals surface area contributed by atoms with E-state index < -0.39 is 0 Å². The zero-order valence-corrected chi connectivity index (χ0v) is 8.42. The van der Waals surface area contributed by atoms with Crippen LogP contribution in [0.1, 0.15) is 11.5 Å². The lowest BCUT2D eigenvalue weighted by molar-refractivity contribution is 0.880. The summed E-state index contributed by atoms with van der Waals surface area (Å²) in [6, 6.07) is 0. The second-order valence-corrected chi connectivity index (χ2v) is 3.31. The first-order valence-electron chi connectivity index (χ1n) is 3.93. The van der Waals surface area contributed by atoms with Crippen molar-refractivity contribution in [3.63, 3.8) is 0 Å². The van der Waals surface area contributed by atoms with E-state index >= 15 is 0 Å². The largest absolute Gasteiger partial charge is 0.328 e. The standard InChI is InChI=1S/C8H9ClN4/c1-4-6-7(12-8(9)10-4)11-5(2)13(6)3/h1-3H3. The Hall–Kier alpha value is -1.16. The van der Waals surface area contributed by atoms with Gasteiger partial charge in [0.05, 0.1) is 5.69 Å². The van der Waals surface area contributed by atoms with Gasteiger partial charge in [0, 0.05) is 7.05 Å². The Labute approximate surface area is 80.6 Å². The number of fused-ring (bicyclic) bond motifs is 1. The molecule has 2 rings (SSSR count). The number of nitrogens with zero attached hydrogens (tertiary/aromatic N) is 4. The van der Waals surface area contributed by atoms with E-state index in [1.807, 2.05) is 25.5 Å². The third-order valence-electron chi connectivity index (χ3n) is 2.10. The molecule has 2 heterocycles. The van der Waals surface area contributed by atoms with E-state index in [1.54, 1.807) is 0 Å². The minimum absolute atomic E-state index is 0.253. The molecule has 4 nitrogen and oxygen atoms in total. The van der Waals surface area contributed by atoms with Gasteiger partial charge in [0.1, 0.15) is 11.3 Å². The predicted molar refractivity (Wildman–Crippen MR) is 50.8 cm³/mol. The smallest absolute Gasteiger partial charge is 0.224 e. The topological polar surface area (TPSA) is 43.6 Å². The van der Waals surface area contributed by atoms with E-state index in [0.29, 0.717) is 5.65 Å². The van der Waals surface area contributed by atoms with Crippen molar-refractivity contribution in [1.29, 1.82) is 0 Å². The maximum absolute atomic E-state index is 5.71. The van der Waals surface area contributed by atoms with Gasteiger partial charge in [-0.15, -0.1) is 0 Å². The zero-order valence-electron chi connectivity index (χ0n) is 7.67. The maximum Gasteiger partial charge on any atom is 0.224 e. The lowest BCUT2D eigenvalue weighted by Gasteiger charge is -1.99. The second kappa shape index (κ2) is 2.67. The van der Waals surface area contributed by atoms with Gasteiger partial charge in [-0.2, -0.15) is 4.98 Å². The molecule has 0 radical (unpaired) electrons. The van der Waals surface area contributed by atoms with Gasteiger partial charge in [-0.05, 0) is 25.4 Å². The number of hydrogen-bond acceptors (Lipinski definition) is 3.